The zero-order valence-electron chi connectivity index (χ0n) is 17.4. The standard InChI is InChI=1S/C21H24N4O4S2/c1-16-5-6-17(2)19(14-16)29-15-24-8-7-18(22-24)21(26)23-9-11-25(12-10-23)31(27,28)20-4-3-13-30-20/h3-8,13-14H,9-12,15H2,1-2H3. The molecule has 3 heterocycles. The third kappa shape index (κ3) is 4.65. The Labute approximate surface area is 185 Å². The molecule has 1 aliphatic rings. The van der Waals surface area contributed by atoms with Gasteiger partial charge in [0.25, 0.3) is 15.9 Å². The summed E-state index contributed by atoms with van der Waals surface area (Å²) in [6, 6.07) is 11.0. The van der Waals surface area contributed by atoms with Crippen molar-refractivity contribution in [3.05, 3.63) is 64.8 Å². The third-order valence-electron chi connectivity index (χ3n) is 5.17. The summed E-state index contributed by atoms with van der Waals surface area (Å²) >= 11 is 1.20. The van der Waals surface area contributed by atoms with Gasteiger partial charge in [0, 0.05) is 32.4 Å². The number of hydrogen-bond donors (Lipinski definition) is 0. The van der Waals surface area contributed by atoms with E-state index in [-0.39, 0.29) is 25.7 Å². The van der Waals surface area contributed by atoms with Gasteiger partial charge in [0.15, 0.2) is 12.4 Å². The van der Waals surface area contributed by atoms with E-state index in [4.69, 9.17) is 4.74 Å². The lowest BCUT2D eigenvalue weighted by Crippen LogP contribution is -2.50. The largest absolute Gasteiger partial charge is 0.471 e. The number of sulfonamides is 1. The van der Waals surface area contributed by atoms with E-state index in [2.05, 4.69) is 5.10 Å². The molecule has 3 aromatic rings. The highest BCUT2D eigenvalue weighted by Gasteiger charge is 2.31. The normalized spacial score (nSPS) is 15.2. The predicted octanol–water partition coefficient (Wildman–Crippen LogP) is 2.74. The van der Waals surface area contributed by atoms with Crippen LogP contribution in [-0.4, -0.2) is 59.5 Å². The van der Waals surface area contributed by atoms with Crippen molar-refractivity contribution in [1.29, 1.82) is 0 Å². The van der Waals surface area contributed by atoms with Crippen LogP contribution in [0.1, 0.15) is 21.6 Å². The lowest BCUT2D eigenvalue weighted by Gasteiger charge is -2.33. The minimum atomic E-state index is -3.49. The van der Waals surface area contributed by atoms with E-state index in [1.807, 2.05) is 32.0 Å². The van der Waals surface area contributed by atoms with E-state index >= 15 is 0 Å². The number of piperazine rings is 1. The Balaban J connectivity index is 1.35. The number of thiophene rings is 1. The maximum atomic E-state index is 12.8. The van der Waals surface area contributed by atoms with Crippen molar-refractivity contribution < 1.29 is 17.9 Å². The molecular formula is C21H24N4O4S2. The molecule has 0 radical (unpaired) electrons. The van der Waals surface area contributed by atoms with Crippen molar-refractivity contribution >= 4 is 27.3 Å². The average molecular weight is 461 g/mol. The van der Waals surface area contributed by atoms with Gasteiger partial charge in [-0.15, -0.1) is 11.3 Å². The summed E-state index contributed by atoms with van der Waals surface area (Å²) in [6.45, 7) is 5.37. The van der Waals surface area contributed by atoms with Gasteiger partial charge in [-0.3, -0.25) is 4.79 Å². The Morgan fingerprint density at radius 1 is 1.13 bits per heavy atom. The SMILES string of the molecule is Cc1ccc(C)c(OCn2ccc(C(=O)N3CCN(S(=O)(=O)c4cccs4)CC3)n2)c1. The van der Waals surface area contributed by atoms with Gasteiger partial charge in [-0.2, -0.15) is 9.40 Å². The summed E-state index contributed by atoms with van der Waals surface area (Å²) < 4.78 is 34.4. The summed E-state index contributed by atoms with van der Waals surface area (Å²) in [5.74, 6) is 0.574. The molecule has 0 unspecified atom stereocenters. The molecule has 0 spiro atoms. The van der Waals surface area contributed by atoms with Gasteiger partial charge in [-0.1, -0.05) is 18.2 Å². The van der Waals surface area contributed by atoms with Crippen LogP contribution in [0, 0.1) is 13.8 Å². The number of aryl methyl sites for hydroxylation is 2. The molecule has 1 saturated heterocycles. The molecule has 0 atom stereocenters. The smallest absolute Gasteiger partial charge is 0.274 e. The summed E-state index contributed by atoms with van der Waals surface area (Å²) in [4.78, 5) is 14.5. The molecule has 10 heteroatoms. The van der Waals surface area contributed by atoms with Crippen LogP contribution in [0.15, 0.2) is 52.2 Å². The molecular weight excluding hydrogens is 436 g/mol. The maximum absolute atomic E-state index is 12.8. The van der Waals surface area contributed by atoms with E-state index in [1.54, 1.807) is 39.4 Å². The second-order valence-electron chi connectivity index (χ2n) is 7.41. The zero-order chi connectivity index (χ0) is 22.0. The predicted molar refractivity (Wildman–Crippen MR) is 118 cm³/mol. The van der Waals surface area contributed by atoms with Gasteiger partial charge in [0.2, 0.25) is 0 Å². The van der Waals surface area contributed by atoms with E-state index in [0.29, 0.717) is 23.0 Å². The van der Waals surface area contributed by atoms with E-state index in [1.165, 1.54) is 15.6 Å². The molecule has 0 aliphatic carbocycles. The average Bonchev–Trinajstić information content (AvgIpc) is 3.47. The van der Waals surface area contributed by atoms with Gasteiger partial charge in [0.1, 0.15) is 9.96 Å². The molecule has 2 aromatic heterocycles. The van der Waals surface area contributed by atoms with Crippen LogP contribution in [0.4, 0.5) is 0 Å². The van der Waals surface area contributed by atoms with E-state index < -0.39 is 10.0 Å². The van der Waals surface area contributed by atoms with Crippen LogP contribution in [-0.2, 0) is 16.8 Å². The summed E-state index contributed by atoms with van der Waals surface area (Å²) in [7, 11) is -3.49. The number of carbonyl (C=O) groups excluding carboxylic acids is 1. The monoisotopic (exact) mass is 460 g/mol. The number of aromatic nitrogens is 2. The highest BCUT2D eigenvalue weighted by molar-refractivity contribution is 7.91. The molecule has 0 saturated carbocycles. The van der Waals surface area contributed by atoms with Crippen LogP contribution < -0.4 is 4.74 Å². The lowest BCUT2D eigenvalue weighted by atomic mass is 10.1. The van der Waals surface area contributed by atoms with E-state index in [9.17, 15) is 13.2 Å². The Kier molecular flexibility index (Phi) is 6.12. The second-order valence-corrected chi connectivity index (χ2v) is 10.5. The summed E-state index contributed by atoms with van der Waals surface area (Å²) in [5.41, 5.74) is 2.46. The lowest BCUT2D eigenvalue weighted by molar-refractivity contribution is 0.0690. The van der Waals surface area contributed by atoms with Crippen molar-refractivity contribution in [2.75, 3.05) is 26.2 Å². The topological polar surface area (TPSA) is 84.7 Å². The highest BCUT2D eigenvalue weighted by Crippen LogP contribution is 2.22. The summed E-state index contributed by atoms with van der Waals surface area (Å²) in [5, 5.41) is 6.07. The molecule has 0 bridgehead atoms. The molecule has 1 aliphatic heterocycles. The fourth-order valence-electron chi connectivity index (χ4n) is 3.38. The van der Waals surface area contributed by atoms with Crippen LogP contribution in [0.2, 0.25) is 0 Å². The first-order chi connectivity index (χ1) is 14.8. The molecule has 4 rings (SSSR count). The van der Waals surface area contributed by atoms with Gasteiger partial charge in [-0.25, -0.2) is 13.1 Å². The second kappa shape index (κ2) is 8.81. The van der Waals surface area contributed by atoms with Gasteiger partial charge in [-0.05, 0) is 48.6 Å². The molecule has 0 N–H and O–H groups in total. The van der Waals surface area contributed by atoms with Crippen LogP contribution in [0.3, 0.4) is 0 Å². The fourth-order valence-corrected chi connectivity index (χ4v) is 5.94. The molecule has 31 heavy (non-hydrogen) atoms. The number of rotatable bonds is 6. The number of hydrogen-bond acceptors (Lipinski definition) is 6. The van der Waals surface area contributed by atoms with E-state index in [0.717, 1.165) is 16.9 Å². The number of benzene rings is 1. The van der Waals surface area contributed by atoms with Gasteiger partial charge >= 0.3 is 0 Å². The van der Waals surface area contributed by atoms with Gasteiger partial charge < -0.3 is 9.64 Å². The first kappa shape index (κ1) is 21.5. The van der Waals surface area contributed by atoms with Crippen LogP contribution in [0.5, 0.6) is 5.75 Å². The maximum Gasteiger partial charge on any atom is 0.274 e. The Morgan fingerprint density at radius 3 is 2.61 bits per heavy atom. The fraction of sp³-hybridized carbons (Fsp3) is 0.333. The first-order valence-corrected chi connectivity index (χ1v) is 12.2. The Hall–Kier alpha value is -2.69. The Bertz CT molecular complexity index is 1160. The third-order valence-corrected chi connectivity index (χ3v) is 8.44. The van der Waals surface area contributed by atoms with Crippen molar-refractivity contribution in [3.63, 3.8) is 0 Å². The Morgan fingerprint density at radius 2 is 1.90 bits per heavy atom. The molecule has 1 amide bonds. The molecule has 1 aromatic carbocycles. The zero-order valence-corrected chi connectivity index (χ0v) is 19.0. The van der Waals surface area contributed by atoms with Crippen molar-refractivity contribution in [3.8, 4) is 5.75 Å². The van der Waals surface area contributed by atoms with Crippen LogP contribution in [0.25, 0.3) is 0 Å². The minimum Gasteiger partial charge on any atom is -0.471 e. The van der Waals surface area contributed by atoms with Gasteiger partial charge in [0.05, 0.1) is 0 Å². The first-order valence-electron chi connectivity index (χ1n) is 9.91. The molecule has 1 fully saturated rings. The molecule has 164 valence electrons. The number of carbonyl (C=O) groups is 1. The molecule has 8 nitrogen and oxygen atoms in total. The van der Waals surface area contributed by atoms with Crippen LogP contribution >= 0.6 is 11.3 Å². The number of amides is 1. The van der Waals surface area contributed by atoms with Crippen molar-refractivity contribution in [2.45, 2.75) is 24.8 Å². The highest BCUT2D eigenvalue weighted by atomic mass is 32.2. The number of ether oxygens (including phenoxy) is 1. The van der Waals surface area contributed by atoms with Crippen molar-refractivity contribution in [2.24, 2.45) is 0 Å². The number of nitrogens with zero attached hydrogens (tertiary/aromatic N) is 4. The minimum absolute atomic E-state index is 0.199. The summed E-state index contributed by atoms with van der Waals surface area (Å²) in [6.07, 6.45) is 1.70. The quantitative estimate of drug-likeness (QED) is 0.565. The van der Waals surface area contributed by atoms with Crippen molar-refractivity contribution in [1.82, 2.24) is 19.0 Å².